The van der Waals surface area contributed by atoms with E-state index in [4.69, 9.17) is 0 Å². The first-order chi connectivity index (χ1) is 12.4. The summed E-state index contributed by atoms with van der Waals surface area (Å²) in [6.45, 7) is 2.79. The summed E-state index contributed by atoms with van der Waals surface area (Å²) in [6.07, 6.45) is 1.74. The maximum atomic E-state index is 12.7. The lowest BCUT2D eigenvalue weighted by atomic mass is 9.95. The summed E-state index contributed by atoms with van der Waals surface area (Å²) in [6, 6.07) is 17.8. The van der Waals surface area contributed by atoms with Crippen molar-refractivity contribution in [2.24, 2.45) is 5.92 Å². The molecule has 0 saturated heterocycles. The molecule has 1 unspecified atom stereocenters. The minimum absolute atomic E-state index is 0.0318. The summed E-state index contributed by atoms with van der Waals surface area (Å²) in [7, 11) is 4.06. The van der Waals surface area contributed by atoms with Crippen LogP contribution in [-0.4, -0.2) is 42.6 Å². The first kappa shape index (κ1) is 18.5. The summed E-state index contributed by atoms with van der Waals surface area (Å²) in [4.78, 5) is 14.8. The van der Waals surface area contributed by atoms with E-state index in [2.05, 4.69) is 29.3 Å². The van der Waals surface area contributed by atoms with Gasteiger partial charge in [-0.15, -0.1) is 0 Å². The van der Waals surface area contributed by atoms with Crippen molar-refractivity contribution in [2.75, 3.05) is 20.6 Å². The number of phenolic OH excluding ortho intramolecular Hbond substituents is 1. The Morgan fingerprint density at radius 2 is 1.85 bits per heavy atom. The van der Waals surface area contributed by atoms with Crippen molar-refractivity contribution in [1.82, 2.24) is 10.2 Å². The summed E-state index contributed by atoms with van der Waals surface area (Å²) in [5.41, 5.74) is 2.36. The van der Waals surface area contributed by atoms with Crippen LogP contribution in [-0.2, 0) is 16.6 Å². The lowest BCUT2D eigenvalue weighted by Crippen LogP contribution is -2.42. The summed E-state index contributed by atoms with van der Waals surface area (Å²) in [5.74, 6) is 0.479. The van der Waals surface area contributed by atoms with Crippen molar-refractivity contribution in [3.05, 3.63) is 65.7 Å². The van der Waals surface area contributed by atoms with Crippen LogP contribution in [0.3, 0.4) is 0 Å². The highest BCUT2D eigenvalue weighted by atomic mass is 16.3. The normalized spacial score (nSPS) is 22.8. The van der Waals surface area contributed by atoms with Gasteiger partial charge in [-0.05, 0) is 50.2 Å². The van der Waals surface area contributed by atoms with Gasteiger partial charge in [0.15, 0.2) is 0 Å². The maximum absolute atomic E-state index is 12.7. The smallest absolute Gasteiger partial charge is 0.224 e. The molecule has 4 heteroatoms. The molecule has 1 aliphatic carbocycles. The number of hydrogen-bond donors (Lipinski definition) is 2. The Morgan fingerprint density at radius 1 is 1.19 bits per heavy atom. The van der Waals surface area contributed by atoms with Crippen LogP contribution in [0.5, 0.6) is 5.75 Å². The number of nitrogens with zero attached hydrogens (tertiary/aromatic N) is 1. The molecule has 1 saturated carbocycles. The fourth-order valence-corrected chi connectivity index (χ4v) is 3.57. The van der Waals surface area contributed by atoms with Crippen molar-refractivity contribution in [1.29, 1.82) is 0 Å². The molecule has 0 aliphatic heterocycles. The third-order valence-corrected chi connectivity index (χ3v) is 5.64. The highest BCUT2D eigenvalue weighted by molar-refractivity contribution is 5.84. The Morgan fingerprint density at radius 3 is 2.46 bits per heavy atom. The van der Waals surface area contributed by atoms with Crippen LogP contribution >= 0.6 is 0 Å². The van der Waals surface area contributed by atoms with Gasteiger partial charge in [-0.25, -0.2) is 0 Å². The zero-order valence-corrected chi connectivity index (χ0v) is 15.8. The molecule has 1 amide bonds. The van der Waals surface area contributed by atoms with E-state index in [1.807, 2.05) is 44.4 Å². The topological polar surface area (TPSA) is 52.6 Å². The molecular formula is C22H28N2O2. The van der Waals surface area contributed by atoms with E-state index in [0.29, 0.717) is 6.54 Å². The lowest BCUT2D eigenvalue weighted by molar-refractivity contribution is -0.122. The number of amides is 1. The van der Waals surface area contributed by atoms with Crippen LogP contribution in [0.1, 0.15) is 24.5 Å². The number of carbonyl (C=O) groups is 1. The Labute approximate surface area is 155 Å². The summed E-state index contributed by atoms with van der Waals surface area (Å²) in [5, 5.41) is 12.6. The molecule has 0 radical (unpaired) electrons. The molecule has 3 atom stereocenters. The summed E-state index contributed by atoms with van der Waals surface area (Å²) >= 11 is 0. The number of carbonyl (C=O) groups excluding carboxylic acids is 1. The van der Waals surface area contributed by atoms with Crippen LogP contribution in [0.2, 0.25) is 0 Å². The van der Waals surface area contributed by atoms with E-state index in [0.717, 1.165) is 18.4 Å². The Hall–Kier alpha value is -2.33. The first-order valence-corrected chi connectivity index (χ1v) is 9.18. The Balaban J connectivity index is 1.56. The van der Waals surface area contributed by atoms with Crippen LogP contribution in [0.4, 0.5) is 0 Å². The number of aromatic hydroxyl groups is 1. The lowest BCUT2D eigenvalue weighted by Gasteiger charge is -2.25. The van der Waals surface area contributed by atoms with Crippen LogP contribution in [0, 0.1) is 5.92 Å². The predicted molar refractivity (Wildman–Crippen MR) is 104 cm³/mol. The highest BCUT2D eigenvalue weighted by Gasteiger charge is 2.55. The summed E-state index contributed by atoms with van der Waals surface area (Å²) < 4.78 is 0. The quantitative estimate of drug-likeness (QED) is 0.805. The standard InChI is InChI=1S/C22H28N2O2/c1-22(17-7-5-4-6-8-17)14-20(22)21(26)23-15-18(24(2)3)13-16-9-11-19(25)12-10-16/h4-12,18,20,25H,13-15H2,1-3H3,(H,23,26)/t18-,20?,22-/m0/s1. The fourth-order valence-electron chi connectivity index (χ4n) is 3.57. The van der Waals surface area contributed by atoms with Crippen LogP contribution in [0.25, 0.3) is 0 Å². The Kier molecular flexibility index (Phi) is 5.33. The second kappa shape index (κ2) is 7.50. The van der Waals surface area contributed by atoms with E-state index >= 15 is 0 Å². The first-order valence-electron chi connectivity index (χ1n) is 9.18. The zero-order valence-electron chi connectivity index (χ0n) is 15.8. The number of benzene rings is 2. The third kappa shape index (κ3) is 4.07. The van der Waals surface area contributed by atoms with Crippen LogP contribution < -0.4 is 5.32 Å². The molecule has 26 heavy (non-hydrogen) atoms. The fraction of sp³-hybridized carbons (Fsp3) is 0.409. The van der Waals surface area contributed by atoms with E-state index < -0.39 is 0 Å². The predicted octanol–water partition coefficient (Wildman–Crippen LogP) is 2.96. The number of rotatable bonds is 7. The van der Waals surface area contributed by atoms with E-state index in [9.17, 15) is 9.90 Å². The van der Waals surface area contributed by atoms with Gasteiger partial charge in [0.1, 0.15) is 5.75 Å². The molecule has 138 valence electrons. The van der Waals surface area contributed by atoms with E-state index in [1.54, 1.807) is 12.1 Å². The van der Waals surface area contributed by atoms with Crippen LogP contribution in [0.15, 0.2) is 54.6 Å². The molecular weight excluding hydrogens is 324 g/mol. The average Bonchev–Trinajstić information content (AvgIpc) is 3.34. The minimum atomic E-state index is -0.0318. The molecule has 0 spiro atoms. The van der Waals surface area contributed by atoms with Gasteiger partial charge >= 0.3 is 0 Å². The largest absolute Gasteiger partial charge is 0.508 e. The third-order valence-electron chi connectivity index (χ3n) is 5.64. The number of hydrogen-bond acceptors (Lipinski definition) is 3. The van der Waals surface area contributed by atoms with Gasteiger partial charge in [0.05, 0.1) is 0 Å². The second-order valence-corrected chi connectivity index (χ2v) is 7.77. The molecule has 2 aromatic rings. The molecule has 0 aromatic heterocycles. The van der Waals surface area contributed by atoms with Gasteiger partial charge < -0.3 is 15.3 Å². The molecule has 1 fully saturated rings. The molecule has 3 rings (SSSR count). The second-order valence-electron chi connectivity index (χ2n) is 7.77. The van der Waals surface area contributed by atoms with Gasteiger partial charge in [0.2, 0.25) is 5.91 Å². The monoisotopic (exact) mass is 352 g/mol. The van der Waals surface area contributed by atoms with Crippen molar-refractivity contribution < 1.29 is 9.90 Å². The maximum Gasteiger partial charge on any atom is 0.224 e. The Bertz CT molecular complexity index is 742. The number of likely N-dealkylation sites (N-methyl/N-ethyl adjacent to an activating group) is 1. The molecule has 2 N–H and O–H groups in total. The molecule has 4 nitrogen and oxygen atoms in total. The van der Waals surface area contributed by atoms with Crippen molar-refractivity contribution >= 4 is 5.91 Å². The molecule has 1 aliphatic rings. The zero-order chi connectivity index (χ0) is 18.7. The number of nitrogens with one attached hydrogen (secondary N) is 1. The van der Waals surface area contributed by atoms with Crippen molar-refractivity contribution in [3.63, 3.8) is 0 Å². The van der Waals surface area contributed by atoms with Gasteiger partial charge in [0, 0.05) is 23.9 Å². The highest BCUT2D eigenvalue weighted by Crippen LogP contribution is 2.53. The molecule has 0 bridgehead atoms. The van der Waals surface area contributed by atoms with Gasteiger partial charge in [0.25, 0.3) is 0 Å². The van der Waals surface area contributed by atoms with E-state index in [1.165, 1.54) is 5.56 Å². The molecule has 0 heterocycles. The van der Waals surface area contributed by atoms with Crippen molar-refractivity contribution in [2.45, 2.75) is 31.2 Å². The average molecular weight is 352 g/mol. The van der Waals surface area contributed by atoms with E-state index in [-0.39, 0.29) is 29.0 Å². The van der Waals surface area contributed by atoms with Crippen molar-refractivity contribution in [3.8, 4) is 5.75 Å². The minimum Gasteiger partial charge on any atom is -0.508 e. The van der Waals surface area contributed by atoms with Gasteiger partial charge in [-0.3, -0.25) is 4.79 Å². The van der Waals surface area contributed by atoms with Gasteiger partial charge in [-0.2, -0.15) is 0 Å². The number of phenols is 1. The molecule has 2 aromatic carbocycles. The SMILES string of the molecule is CN(C)[C@H](CNC(=O)C1C[C@@]1(C)c1ccccc1)Cc1ccc(O)cc1. The van der Waals surface area contributed by atoms with Gasteiger partial charge in [-0.1, -0.05) is 49.4 Å².